The second-order valence-corrected chi connectivity index (χ2v) is 15.3. The fourth-order valence-electron chi connectivity index (χ4n) is 3.47. The predicted molar refractivity (Wildman–Crippen MR) is 139 cm³/mol. The van der Waals surface area contributed by atoms with Crippen LogP contribution in [-0.4, -0.2) is 26.6 Å². The van der Waals surface area contributed by atoms with Gasteiger partial charge in [0.15, 0.2) is 8.32 Å². The topological polar surface area (TPSA) is 77.0 Å². The van der Waals surface area contributed by atoms with Crippen molar-refractivity contribution in [1.29, 1.82) is 10.5 Å². The molecule has 0 aliphatic rings. The van der Waals surface area contributed by atoms with Crippen LogP contribution in [0.25, 0.3) is 0 Å². The molecule has 0 radical (unpaired) electrons. The van der Waals surface area contributed by atoms with Crippen molar-refractivity contribution in [3.63, 3.8) is 0 Å². The molecule has 2 aromatic rings. The van der Waals surface area contributed by atoms with Gasteiger partial charge in [0.25, 0.3) is 0 Å². The van der Waals surface area contributed by atoms with Crippen LogP contribution in [-0.2, 0) is 16.8 Å². The second kappa shape index (κ2) is 14.0. The molecular formula is C28H34F6N2O2Si. The molecule has 2 atom stereocenters. The van der Waals surface area contributed by atoms with Gasteiger partial charge >= 0.3 is 12.4 Å². The number of nitrogens with zero attached hydrogens (tertiary/aromatic N) is 2. The number of alkyl halides is 6. The number of hydrogen-bond donors (Lipinski definition) is 1. The first-order valence-electron chi connectivity index (χ1n) is 12.3. The number of aliphatic hydroxyl groups is 1. The van der Waals surface area contributed by atoms with Crippen LogP contribution in [0.4, 0.5) is 26.3 Å². The van der Waals surface area contributed by atoms with Crippen molar-refractivity contribution in [3.8, 4) is 12.1 Å². The molecular weight excluding hydrogens is 538 g/mol. The third kappa shape index (κ3) is 9.99. The van der Waals surface area contributed by atoms with E-state index < -0.39 is 43.6 Å². The van der Waals surface area contributed by atoms with Crippen molar-refractivity contribution in [2.75, 3.05) is 13.2 Å². The Morgan fingerprint density at radius 3 is 1.49 bits per heavy atom. The van der Waals surface area contributed by atoms with E-state index in [2.05, 4.69) is 33.9 Å². The monoisotopic (exact) mass is 572 g/mol. The SMILES string of the molecule is CC(C)(C)[Si](C)(C)OCCC(C#N)c1ccccc1C(F)(F)F.N#CC(CCO)c1ccccc1C(F)(F)F. The largest absolute Gasteiger partial charge is 0.417 e. The first-order chi connectivity index (χ1) is 17.9. The highest BCUT2D eigenvalue weighted by Gasteiger charge is 2.38. The van der Waals surface area contributed by atoms with Crippen LogP contribution in [0.3, 0.4) is 0 Å². The molecule has 0 fully saturated rings. The lowest BCUT2D eigenvalue weighted by molar-refractivity contribution is -0.139. The van der Waals surface area contributed by atoms with Crippen LogP contribution < -0.4 is 0 Å². The van der Waals surface area contributed by atoms with Crippen molar-refractivity contribution in [1.82, 2.24) is 0 Å². The molecule has 0 heterocycles. The summed E-state index contributed by atoms with van der Waals surface area (Å²) in [6, 6.07) is 14.0. The first kappa shape index (κ1) is 34.2. The molecule has 0 aromatic heterocycles. The molecule has 0 saturated carbocycles. The number of rotatable bonds is 8. The number of hydrogen-bond acceptors (Lipinski definition) is 4. The van der Waals surface area contributed by atoms with E-state index in [9.17, 15) is 31.6 Å². The molecule has 0 spiro atoms. The Morgan fingerprint density at radius 1 is 0.769 bits per heavy atom. The van der Waals surface area contributed by atoms with Gasteiger partial charge < -0.3 is 9.53 Å². The number of aliphatic hydroxyl groups excluding tert-OH is 1. The minimum absolute atomic E-state index is 0.00356. The highest BCUT2D eigenvalue weighted by atomic mass is 28.4. The summed E-state index contributed by atoms with van der Waals surface area (Å²) in [5.74, 6) is -1.75. The van der Waals surface area contributed by atoms with Gasteiger partial charge in [0.05, 0.1) is 35.1 Å². The molecule has 0 amide bonds. The average Bonchev–Trinajstić information content (AvgIpc) is 2.84. The van der Waals surface area contributed by atoms with Gasteiger partial charge in [-0.25, -0.2) is 0 Å². The summed E-state index contributed by atoms with van der Waals surface area (Å²) in [5, 5.41) is 26.8. The summed E-state index contributed by atoms with van der Waals surface area (Å²) < 4.78 is 83.1. The van der Waals surface area contributed by atoms with Crippen LogP contribution in [0.1, 0.15) is 67.7 Å². The Morgan fingerprint density at radius 2 is 1.15 bits per heavy atom. The lowest BCUT2D eigenvalue weighted by Gasteiger charge is -2.36. The fraction of sp³-hybridized carbons (Fsp3) is 0.500. The molecule has 214 valence electrons. The van der Waals surface area contributed by atoms with Gasteiger partial charge in [0, 0.05) is 13.2 Å². The Labute approximate surface area is 227 Å². The van der Waals surface area contributed by atoms with Gasteiger partial charge in [0.2, 0.25) is 0 Å². The lowest BCUT2D eigenvalue weighted by atomic mass is 9.92. The second-order valence-electron chi connectivity index (χ2n) is 10.4. The zero-order valence-corrected chi connectivity index (χ0v) is 23.6. The minimum Gasteiger partial charge on any atom is -0.417 e. The molecule has 2 aromatic carbocycles. The minimum atomic E-state index is -4.47. The van der Waals surface area contributed by atoms with Gasteiger partial charge in [-0.05, 0) is 54.2 Å². The predicted octanol–water partition coefficient (Wildman–Crippen LogP) is 8.42. The van der Waals surface area contributed by atoms with E-state index in [1.165, 1.54) is 36.4 Å². The van der Waals surface area contributed by atoms with E-state index >= 15 is 0 Å². The number of halogens is 6. The Hall–Kier alpha value is -2.86. The van der Waals surface area contributed by atoms with Crippen molar-refractivity contribution in [2.24, 2.45) is 0 Å². The van der Waals surface area contributed by atoms with E-state index in [1.54, 1.807) is 6.07 Å². The average molecular weight is 573 g/mol. The summed E-state index contributed by atoms with van der Waals surface area (Å²) in [7, 11) is -1.97. The first-order valence-corrected chi connectivity index (χ1v) is 15.2. The van der Waals surface area contributed by atoms with Crippen molar-refractivity contribution >= 4 is 8.32 Å². The van der Waals surface area contributed by atoms with Crippen molar-refractivity contribution in [3.05, 3.63) is 70.8 Å². The van der Waals surface area contributed by atoms with E-state index in [4.69, 9.17) is 14.8 Å². The standard InChI is InChI=1S/C17H24F3NOSi.C11H10F3NO/c1-16(2,3)23(4,5)22-11-10-13(12-21)14-8-6-7-9-15(14)17(18,19)20;12-11(13,14)10-4-2-1-3-9(10)8(7-15)5-6-16/h6-9,13H,10-11H2,1-5H3;1-4,8,16H,5-6H2. The quantitative estimate of drug-likeness (QED) is 0.254. The third-order valence-electron chi connectivity index (χ3n) is 6.69. The van der Waals surface area contributed by atoms with E-state index in [0.29, 0.717) is 6.61 Å². The zero-order valence-electron chi connectivity index (χ0n) is 22.6. The molecule has 4 nitrogen and oxygen atoms in total. The number of benzene rings is 2. The maximum Gasteiger partial charge on any atom is 0.416 e. The smallest absolute Gasteiger partial charge is 0.416 e. The summed E-state index contributed by atoms with van der Waals surface area (Å²) in [5.41, 5.74) is -1.60. The van der Waals surface area contributed by atoms with Gasteiger partial charge in [-0.15, -0.1) is 0 Å². The Bertz CT molecular complexity index is 1140. The molecule has 0 aliphatic carbocycles. The zero-order chi connectivity index (χ0) is 30.1. The molecule has 2 rings (SSSR count). The van der Waals surface area contributed by atoms with Crippen LogP contribution in [0, 0.1) is 22.7 Å². The molecule has 1 N–H and O–H groups in total. The molecule has 0 aliphatic heterocycles. The summed E-state index contributed by atoms with van der Waals surface area (Å²) >= 11 is 0. The molecule has 0 saturated heterocycles. The van der Waals surface area contributed by atoms with Crippen LogP contribution >= 0.6 is 0 Å². The van der Waals surface area contributed by atoms with Gasteiger partial charge in [-0.1, -0.05) is 57.2 Å². The summed E-state index contributed by atoms with van der Waals surface area (Å²) in [4.78, 5) is 0. The van der Waals surface area contributed by atoms with Crippen LogP contribution in [0.15, 0.2) is 48.5 Å². The van der Waals surface area contributed by atoms with Gasteiger partial charge in [0.1, 0.15) is 0 Å². The van der Waals surface area contributed by atoms with Crippen molar-refractivity contribution < 1.29 is 35.9 Å². The summed E-state index contributed by atoms with van der Waals surface area (Å²) in [6.45, 7) is 10.4. The van der Waals surface area contributed by atoms with Crippen LogP contribution in [0.2, 0.25) is 18.1 Å². The molecule has 39 heavy (non-hydrogen) atoms. The maximum atomic E-state index is 13.1. The van der Waals surface area contributed by atoms with Gasteiger partial charge in [-0.3, -0.25) is 0 Å². The highest BCUT2D eigenvalue weighted by Crippen LogP contribution is 2.39. The molecule has 11 heteroatoms. The van der Waals surface area contributed by atoms with E-state index in [-0.39, 0.29) is 35.6 Å². The Balaban J connectivity index is 0.000000416. The van der Waals surface area contributed by atoms with Crippen LogP contribution in [0.5, 0.6) is 0 Å². The normalized spacial score (nSPS) is 13.9. The van der Waals surface area contributed by atoms with Crippen molar-refractivity contribution in [2.45, 2.75) is 75.9 Å². The number of nitriles is 2. The maximum absolute atomic E-state index is 13.1. The Kier molecular flexibility index (Phi) is 12.2. The third-order valence-corrected chi connectivity index (χ3v) is 11.2. The molecule has 2 unspecified atom stereocenters. The van der Waals surface area contributed by atoms with E-state index in [0.717, 1.165) is 12.1 Å². The molecule has 0 bridgehead atoms. The summed E-state index contributed by atoms with van der Waals surface area (Å²) in [6.07, 6.45) is -8.66. The lowest BCUT2D eigenvalue weighted by Crippen LogP contribution is -2.41. The fourth-order valence-corrected chi connectivity index (χ4v) is 4.54. The highest BCUT2D eigenvalue weighted by molar-refractivity contribution is 6.74. The van der Waals surface area contributed by atoms with E-state index in [1.807, 2.05) is 6.07 Å². The van der Waals surface area contributed by atoms with Gasteiger partial charge in [-0.2, -0.15) is 36.9 Å².